The van der Waals surface area contributed by atoms with Gasteiger partial charge in [-0.25, -0.2) is 8.42 Å². The summed E-state index contributed by atoms with van der Waals surface area (Å²) in [6.07, 6.45) is 1.31. The minimum atomic E-state index is -3.84. The number of hydrogen-bond donors (Lipinski definition) is 1. The highest BCUT2D eigenvalue weighted by molar-refractivity contribution is 7.92. The van der Waals surface area contributed by atoms with Crippen LogP contribution in [0.1, 0.15) is 43.0 Å². The van der Waals surface area contributed by atoms with Gasteiger partial charge in [-0.05, 0) is 75.1 Å². The zero-order chi connectivity index (χ0) is 29.7. The summed E-state index contributed by atoms with van der Waals surface area (Å²) in [6.45, 7) is 8.91. The second-order valence-corrected chi connectivity index (χ2v) is 13.5. The van der Waals surface area contributed by atoms with Crippen molar-refractivity contribution in [2.75, 3.05) is 17.1 Å². The summed E-state index contributed by atoms with van der Waals surface area (Å²) in [7, 11) is -3.84. The average Bonchev–Trinajstić information content (AvgIpc) is 2.83. The molecule has 0 spiro atoms. The Hall–Kier alpha value is -3.36. The number of carbonyl (C=O) groups is 2. The Morgan fingerprint density at radius 2 is 1.50 bits per heavy atom. The Labute approximate surface area is 243 Å². The lowest BCUT2D eigenvalue weighted by Gasteiger charge is -2.35. The fourth-order valence-corrected chi connectivity index (χ4v) is 5.55. The second kappa shape index (κ2) is 12.9. The first-order valence-electron chi connectivity index (χ1n) is 13.1. The third kappa shape index (κ3) is 8.83. The number of rotatable bonds is 10. The molecule has 0 heterocycles. The first-order valence-corrected chi connectivity index (χ1v) is 15.3. The lowest BCUT2D eigenvalue weighted by molar-refractivity contribution is -0.140. The Morgan fingerprint density at radius 3 is 2.05 bits per heavy atom. The minimum Gasteiger partial charge on any atom is -0.350 e. The van der Waals surface area contributed by atoms with Gasteiger partial charge >= 0.3 is 0 Å². The zero-order valence-electron chi connectivity index (χ0n) is 23.9. The van der Waals surface area contributed by atoms with Crippen LogP contribution in [0.5, 0.6) is 0 Å². The van der Waals surface area contributed by atoms with Gasteiger partial charge in [0, 0.05) is 23.5 Å². The Morgan fingerprint density at radius 1 is 0.925 bits per heavy atom. The van der Waals surface area contributed by atoms with E-state index in [0.29, 0.717) is 16.3 Å². The van der Waals surface area contributed by atoms with Crippen LogP contribution >= 0.6 is 11.6 Å². The summed E-state index contributed by atoms with van der Waals surface area (Å²) < 4.78 is 27.0. The first-order chi connectivity index (χ1) is 18.6. The van der Waals surface area contributed by atoms with Gasteiger partial charge in [-0.2, -0.15) is 0 Å². The van der Waals surface area contributed by atoms with Crippen molar-refractivity contribution in [3.05, 3.63) is 100 Å². The number of aryl methyl sites for hydroxylation is 2. The summed E-state index contributed by atoms with van der Waals surface area (Å²) in [4.78, 5) is 29.4. The van der Waals surface area contributed by atoms with Gasteiger partial charge in [0.25, 0.3) is 0 Å². The van der Waals surface area contributed by atoms with Crippen LogP contribution in [0.2, 0.25) is 5.02 Å². The predicted molar refractivity (Wildman–Crippen MR) is 162 cm³/mol. The number of nitrogens with zero attached hydrogens (tertiary/aromatic N) is 2. The van der Waals surface area contributed by atoms with E-state index in [1.54, 1.807) is 30.3 Å². The molecule has 1 N–H and O–H groups in total. The van der Waals surface area contributed by atoms with Gasteiger partial charge in [0.05, 0.1) is 11.9 Å². The largest absolute Gasteiger partial charge is 0.350 e. The van der Waals surface area contributed by atoms with Crippen LogP contribution < -0.4 is 9.62 Å². The Bertz CT molecular complexity index is 1430. The van der Waals surface area contributed by atoms with E-state index in [1.165, 1.54) is 4.90 Å². The molecule has 40 heavy (non-hydrogen) atoms. The number of anilines is 1. The smallest absolute Gasteiger partial charge is 0.244 e. The summed E-state index contributed by atoms with van der Waals surface area (Å²) >= 11 is 6.49. The molecule has 0 saturated carbocycles. The summed E-state index contributed by atoms with van der Waals surface area (Å²) in [6, 6.07) is 21.0. The molecule has 0 bridgehead atoms. The van der Waals surface area contributed by atoms with E-state index in [4.69, 9.17) is 11.6 Å². The van der Waals surface area contributed by atoms with Crippen molar-refractivity contribution in [2.24, 2.45) is 0 Å². The molecule has 9 heteroatoms. The maximum atomic E-state index is 14.2. The van der Waals surface area contributed by atoms with Crippen LogP contribution in [0, 0.1) is 13.8 Å². The zero-order valence-corrected chi connectivity index (χ0v) is 25.5. The van der Waals surface area contributed by atoms with Crippen molar-refractivity contribution >= 4 is 39.1 Å². The molecule has 3 aromatic carbocycles. The molecule has 0 radical (unpaired) electrons. The molecule has 3 rings (SSSR count). The fourth-order valence-electron chi connectivity index (χ4n) is 4.53. The van der Waals surface area contributed by atoms with E-state index in [0.717, 1.165) is 27.3 Å². The van der Waals surface area contributed by atoms with Crippen molar-refractivity contribution < 1.29 is 18.0 Å². The molecule has 0 aliphatic carbocycles. The maximum absolute atomic E-state index is 14.2. The molecule has 7 nitrogen and oxygen atoms in total. The quantitative estimate of drug-likeness (QED) is 0.352. The maximum Gasteiger partial charge on any atom is 0.244 e. The topological polar surface area (TPSA) is 86.8 Å². The number of halogens is 1. The molecule has 0 aromatic heterocycles. The number of sulfonamides is 1. The molecule has 0 unspecified atom stereocenters. The highest BCUT2D eigenvalue weighted by Crippen LogP contribution is 2.24. The second-order valence-electron chi connectivity index (χ2n) is 11.2. The standard InChI is InChI=1S/C31H38ClN3O4S/c1-22-16-23(2)18-26(17-22)35(40(6,38)39)21-29(36)34(20-25-14-10-11-15-27(25)32)28(30(37)33-31(3,4)5)19-24-12-8-7-9-13-24/h7-18,28H,19-21H2,1-6H3,(H,33,37)/t28-/m0/s1. The summed E-state index contributed by atoms with van der Waals surface area (Å²) in [5.74, 6) is -0.858. The van der Waals surface area contributed by atoms with Crippen LogP contribution in [0.4, 0.5) is 5.69 Å². The van der Waals surface area contributed by atoms with Crippen molar-refractivity contribution in [3.8, 4) is 0 Å². The van der Waals surface area contributed by atoms with Crippen LogP contribution in [0.15, 0.2) is 72.8 Å². The van der Waals surface area contributed by atoms with Gasteiger partial charge in [-0.1, -0.05) is 66.2 Å². The van der Waals surface area contributed by atoms with Crippen molar-refractivity contribution in [3.63, 3.8) is 0 Å². The minimum absolute atomic E-state index is 0.0258. The van der Waals surface area contributed by atoms with Crippen LogP contribution in [0.3, 0.4) is 0 Å². The highest BCUT2D eigenvalue weighted by atomic mass is 35.5. The molecule has 0 aliphatic rings. The van der Waals surface area contributed by atoms with Gasteiger partial charge in [-0.15, -0.1) is 0 Å². The molecule has 0 fully saturated rings. The Kier molecular flexibility index (Phi) is 10.0. The van der Waals surface area contributed by atoms with Crippen molar-refractivity contribution in [1.29, 1.82) is 0 Å². The van der Waals surface area contributed by atoms with E-state index >= 15 is 0 Å². The van der Waals surface area contributed by atoms with E-state index in [1.807, 2.05) is 77.1 Å². The lowest BCUT2D eigenvalue weighted by atomic mass is 10.0. The third-order valence-electron chi connectivity index (χ3n) is 6.24. The highest BCUT2D eigenvalue weighted by Gasteiger charge is 2.34. The van der Waals surface area contributed by atoms with Gasteiger partial charge < -0.3 is 10.2 Å². The molecule has 3 aromatic rings. The fraction of sp³-hybridized carbons (Fsp3) is 0.355. The SMILES string of the molecule is Cc1cc(C)cc(N(CC(=O)N(Cc2ccccc2Cl)[C@@H](Cc2ccccc2)C(=O)NC(C)(C)C)S(C)(=O)=O)c1. The van der Waals surface area contributed by atoms with E-state index < -0.39 is 34.1 Å². The summed E-state index contributed by atoms with van der Waals surface area (Å²) in [5.41, 5.74) is 3.10. The van der Waals surface area contributed by atoms with E-state index in [9.17, 15) is 18.0 Å². The van der Waals surface area contributed by atoms with Gasteiger partial charge in [0.1, 0.15) is 12.6 Å². The number of hydrogen-bond acceptors (Lipinski definition) is 4. The summed E-state index contributed by atoms with van der Waals surface area (Å²) in [5, 5.41) is 3.46. The molecule has 1 atom stereocenters. The lowest BCUT2D eigenvalue weighted by Crippen LogP contribution is -2.56. The molecular formula is C31H38ClN3O4S. The number of amides is 2. The molecular weight excluding hydrogens is 546 g/mol. The first kappa shape index (κ1) is 31.2. The van der Waals surface area contributed by atoms with Gasteiger partial charge in [0.15, 0.2) is 0 Å². The van der Waals surface area contributed by atoms with Crippen LogP contribution in [-0.4, -0.2) is 49.5 Å². The normalized spacial score (nSPS) is 12.5. The molecule has 0 saturated heterocycles. The van der Waals surface area contributed by atoms with E-state index in [2.05, 4.69) is 5.32 Å². The monoisotopic (exact) mass is 583 g/mol. The Balaban J connectivity index is 2.10. The number of carbonyl (C=O) groups excluding carboxylic acids is 2. The van der Waals surface area contributed by atoms with Gasteiger partial charge in [-0.3, -0.25) is 13.9 Å². The van der Waals surface area contributed by atoms with Gasteiger partial charge in [0.2, 0.25) is 21.8 Å². The van der Waals surface area contributed by atoms with Crippen LogP contribution in [0.25, 0.3) is 0 Å². The molecule has 2 amide bonds. The van der Waals surface area contributed by atoms with Crippen molar-refractivity contribution in [1.82, 2.24) is 10.2 Å². The third-order valence-corrected chi connectivity index (χ3v) is 7.75. The number of nitrogens with one attached hydrogen (secondary N) is 1. The van der Waals surface area contributed by atoms with E-state index in [-0.39, 0.29) is 18.9 Å². The van der Waals surface area contributed by atoms with Crippen molar-refractivity contribution in [2.45, 2.75) is 59.2 Å². The predicted octanol–water partition coefficient (Wildman–Crippen LogP) is 5.28. The number of benzene rings is 3. The molecule has 214 valence electrons. The average molecular weight is 584 g/mol. The van der Waals surface area contributed by atoms with Crippen LogP contribution in [-0.2, 0) is 32.6 Å². The molecule has 0 aliphatic heterocycles.